The Bertz CT molecular complexity index is 711. The topological polar surface area (TPSA) is 64.6 Å². The molecular formula is C19H20ClNO4. The number of carbonyl (C=O) groups excluding carboxylic acids is 2. The van der Waals surface area contributed by atoms with Crippen molar-refractivity contribution in [3.05, 3.63) is 59.1 Å². The molecule has 25 heavy (non-hydrogen) atoms. The summed E-state index contributed by atoms with van der Waals surface area (Å²) < 4.78 is 10.6. The molecule has 0 unspecified atom stereocenters. The van der Waals surface area contributed by atoms with Crippen molar-refractivity contribution in [3.63, 3.8) is 0 Å². The lowest BCUT2D eigenvalue weighted by Gasteiger charge is -2.09. The van der Waals surface area contributed by atoms with Gasteiger partial charge in [0.2, 0.25) is 5.91 Å². The maximum absolute atomic E-state index is 11.9. The first kappa shape index (κ1) is 18.8. The number of ether oxygens (including phenoxy) is 2. The predicted molar refractivity (Wildman–Crippen MR) is 97.2 cm³/mol. The van der Waals surface area contributed by atoms with Gasteiger partial charge in [0.05, 0.1) is 24.7 Å². The number of halogens is 1. The molecule has 1 amide bonds. The third kappa shape index (κ3) is 6.47. The van der Waals surface area contributed by atoms with E-state index >= 15 is 0 Å². The second-order valence-electron chi connectivity index (χ2n) is 5.63. The number of hydrogen-bond acceptors (Lipinski definition) is 4. The Morgan fingerprint density at radius 2 is 1.68 bits per heavy atom. The second kappa shape index (κ2) is 9.08. The van der Waals surface area contributed by atoms with E-state index in [2.05, 4.69) is 5.32 Å². The Balaban J connectivity index is 1.78. The van der Waals surface area contributed by atoms with Crippen molar-refractivity contribution in [2.24, 2.45) is 0 Å². The van der Waals surface area contributed by atoms with Gasteiger partial charge in [0, 0.05) is 10.7 Å². The Morgan fingerprint density at radius 1 is 1.04 bits per heavy atom. The van der Waals surface area contributed by atoms with E-state index in [1.807, 2.05) is 0 Å². The first-order valence-electron chi connectivity index (χ1n) is 7.93. The monoisotopic (exact) mass is 361 g/mol. The standard InChI is InChI=1S/C19H20ClNO4/c1-13(2)25-19(23)14-3-7-16(8-4-14)21-18(22)11-12-24-17-9-5-15(20)6-10-17/h3-10,13H,11-12H2,1-2H3,(H,21,22). The van der Waals surface area contributed by atoms with Crippen LogP contribution < -0.4 is 10.1 Å². The quantitative estimate of drug-likeness (QED) is 0.746. The molecule has 0 bridgehead atoms. The molecule has 0 radical (unpaired) electrons. The van der Waals surface area contributed by atoms with Crippen LogP contribution in [0.25, 0.3) is 0 Å². The number of esters is 1. The molecule has 0 fully saturated rings. The minimum absolute atomic E-state index is 0.174. The van der Waals surface area contributed by atoms with Gasteiger partial charge in [-0.15, -0.1) is 0 Å². The van der Waals surface area contributed by atoms with Crippen LogP contribution >= 0.6 is 11.6 Å². The van der Waals surface area contributed by atoms with Crippen LogP contribution in [0.1, 0.15) is 30.6 Å². The summed E-state index contributed by atoms with van der Waals surface area (Å²) in [5, 5.41) is 3.38. The van der Waals surface area contributed by atoms with Gasteiger partial charge in [-0.2, -0.15) is 0 Å². The number of carbonyl (C=O) groups is 2. The fraction of sp³-hybridized carbons (Fsp3) is 0.263. The van der Waals surface area contributed by atoms with Gasteiger partial charge in [-0.25, -0.2) is 4.79 Å². The molecule has 1 N–H and O–H groups in total. The van der Waals surface area contributed by atoms with Gasteiger partial charge in [-0.05, 0) is 62.4 Å². The fourth-order valence-electron chi connectivity index (χ4n) is 1.99. The Morgan fingerprint density at radius 3 is 2.28 bits per heavy atom. The Hall–Kier alpha value is -2.53. The molecule has 6 heteroatoms. The van der Waals surface area contributed by atoms with Gasteiger partial charge in [0.15, 0.2) is 0 Å². The van der Waals surface area contributed by atoms with Gasteiger partial charge in [-0.3, -0.25) is 4.79 Å². The van der Waals surface area contributed by atoms with Gasteiger partial charge in [-0.1, -0.05) is 11.6 Å². The molecule has 0 saturated heterocycles. The number of rotatable bonds is 7. The molecule has 0 saturated carbocycles. The summed E-state index contributed by atoms with van der Waals surface area (Å²) in [6.07, 6.45) is 0.0345. The van der Waals surface area contributed by atoms with E-state index in [0.29, 0.717) is 22.0 Å². The van der Waals surface area contributed by atoms with Gasteiger partial charge >= 0.3 is 5.97 Å². The van der Waals surface area contributed by atoms with Crippen LogP contribution in [0.4, 0.5) is 5.69 Å². The number of nitrogens with one attached hydrogen (secondary N) is 1. The van der Waals surface area contributed by atoms with E-state index in [9.17, 15) is 9.59 Å². The van der Waals surface area contributed by atoms with E-state index in [4.69, 9.17) is 21.1 Å². The zero-order valence-corrected chi connectivity index (χ0v) is 14.9. The van der Waals surface area contributed by atoms with E-state index in [1.165, 1.54) is 0 Å². The molecular weight excluding hydrogens is 342 g/mol. The van der Waals surface area contributed by atoms with Crippen molar-refractivity contribution in [2.75, 3.05) is 11.9 Å². The highest BCUT2D eigenvalue weighted by molar-refractivity contribution is 6.30. The number of anilines is 1. The van der Waals surface area contributed by atoms with Crippen molar-refractivity contribution in [1.82, 2.24) is 0 Å². The van der Waals surface area contributed by atoms with Crippen molar-refractivity contribution in [1.29, 1.82) is 0 Å². The van der Waals surface area contributed by atoms with Crippen LogP contribution in [-0.2, 0) is 9.53 Å². The molecule has 0 heterocycles. The summed E-state index contributed by atoms with van der Waals surface area (Å²) in [5.41, 5.74) is 1.05. The average Bonchev–Trinajstić information content (AvgIpc) is 2.56. The molecule has 2 aromatic rings. The fourth-order valence-corrected chi connectivity index (χ4v) is 2.11. The number of benzene rings is 2. The van der Waals surface area contributed by atoms with Gasteiger partial charge in [0.1, 0.15) is 5.75 Å². The molecule has 0 aliphatic carbocycles. The minimum Gasteiger partial charge on any atom is -0.493 e. The molecule has 5 nitrogen and oxygen atoms in total. The van der Waals surface area contributed by atoms with E-state index < -0.39 is 0 Å². The zero-order valence-electron chi connectivity index (χ0n) is 14.1. The maximum Gasteiger partial charge on any atom is 0.338 e. The molecule has 0 aromatic heterocycles. The Labute approximate surface area is 151 Å². The SMILES string of the molecule is CC(C)OC(=O)c1ccc(NC(=O)CCOc2ccc(Cl)cc2)cc1. The lowest BCUT2D eigenvalue weighted by atomic mass is 10.2. The number of hydrogen-bond donors (Lipinski definition) is 1. The zero-order chi connectivity index (χ0) is 18.2. The molecule has 132 valence electrons. The summed E-state index contributed by atoms with van der Waals surface area (Å²) in [7, 11) is 0. The molecule has 0 atom stereocenters. The molecule has 2 rings (SSSR count). The largest absolute Gasteiger partial charge is 0.493 e. The highest BCUT2D eigenvalue weighted by Crippen LogP contribution is 2.16. The minimum atomic E-state index is -0.385. The van der Waals surface area contributed by atoms with Crippen LogP contribution in [0, 0.1) is 0 Å². The van der Waals surface area contributed by atoms with Crippen molar-refractivity contribution in [3.8, 4) is 5.75 Å². The van der Waals surface area contributed by atoms with E-state index in [-0.39, 0.29) is 31.0 Å². The normalized spacial score (nSPS) is 10.4. The molecule has 2 aromatic carbocycles. The lowest BCUT2D eigenvalue weighted by Crippen LogP contribution is -2.15. The van der Waals surface area contributed by atoms with Gasteiger partial charge in [0.25, 0.3) is 0 Å². The lowest BCUT2D eigenvalue weighted by molar-refractivity contribution is -0.116. The first-order chi connectivity index (χ1) is 11.9. The third-order valence-corrected chi connectivity index (χ3v) is 3.41. The summed E-state index contributed by atoms with van der Waals surface area (Å²) in [4.78, 5) is 23.7. The highest BCUT2D eigenvalue weighted by Gasteiger charge is 2.09. The van der Waals surface area contributed by atoms with Crippen LogP contribution in [0.3, 0.4) is 0 Å². The van der Waals surface area contributed by atoms with Crippen LogP contribution in [0.15, 0.2) is 48.5 Å². The van der Waals surface area contributed by atoms with Crippen LogP contribution in [-0.4, -0.2) is 24.6 Å². The summed E-state index contributed by atoms with van der Waals surface area (Å²) in [5.74, 6) is 0.0981. The maximum atomic E-state index is 11.9. The average molecular weight is 362 g/mol. The third-order valence-electron chi connectivity index (χ3n) is 3.16. The van der Waals surface area contributed by atoms with Crippen LogP contribution in [0.2, 0.25) is 5.02 Å². The van der Waals surface area contributed by atoms with Crippen molar-refractivity contribution >= 4 is 29.2 Å². The van der Waals surface area contributed by atoms with E-state index in [0.717, 1.165) is 0 Å². The summed E-state index contributed by atoms with van der Waals surface area (Å²) >= 11 is 5.79. The highest BCUT2D eigenvalue weighted by atomic mass is 35.5. The molecule has 0 spiro atoms. The Kier molecular flexibility index (Phi) is 6.83. The van der Waals surface area contributed by atoms with E-state index in [1.54, 1.807) is 62.4 Å². The summed E-state index contributed by atoms with van der Waals surface area (Å²) in [6.45, 7) is 3.84. The number of amides is 1. The van der Waals surface area contributed by atoms with Crippen LogP contribution in [0.5, 0.6) is 5.75 Å². The summed E-state index contributed by atoms with van der Waals surface area (Å²) in [6, 6.07) is 13.5. The molecule has 0 aliphatic rings. The van der Waals surface area contributed by atoms with Crippen molar-refractivity contribution < 1.29 is 19.1 Å². The smallest absolute Gasteiger partial charge is 0.338 e. The van der Waals surface area contributed by atoms with Crippen molar-refractivity contribution in [2.45, 2.75) is 26.4 Å². The first-order valence-corrected chi connectivity index (χ1v) is 8.31. The molecule has 0 aliphatic heterocycles. The second-order valence-corrected chi connectivity index (χ2v) is 6.07. The van der Waals surface area contributed by atoms with Gasteiger partial charge < -0.3 is 14.8 Å². The predicted octanol–water partition coefficient (Wildman–Crippen LogP) is 4.31.